The van der Waals surface area contributed by atoms with Gasteiger partial charge in [0.25, 0.3) is 0 Å². The third-order valence-electron chi connectivity index (χ3n) is 6.54. The van der Waals surface area contributed by atoms with Crippen LogP contribution in [0.3, 0.4) is 0 Å². The Labute approximate surface area is 165 Å². The lowest BCUT2D eigenvalue weighted by Gasteiger charge is -2.37. The molecular weight excluding hydrogens is 338 g/mol. The summed E-state index contributed by atoms with van der Waals surface area (Å²) in [5, 5.41) is 2.65. The van der Waals surface area contributed by atoms with Crippen LogP contribution in [0.4, 0.5) is 5.69 Å². The van der Waals surface area contributed by atoms with Crippen molar-refractivity contribution >= 4 is 23.0 Å². The molecule has 0 spiro atoms. The van der Waals surface area contributed by atoms with Crippen molar-refractivity contribution < 1.29 is 0 Å². The molecule has 0 radical (unpaired) electrons. The minimum atomic E-state index is 0.270. The maximum absolute atomic E-state index is 5.14. The Bertz CT molecular complexity index is 1280. The highest BCUT2D eigenvalue weighted by atomic mass is 14.8. The molecular formula is C27H23N. The van der Waals surface area contributed by atoms with Crippen LogP contribution in [0.15, 0.2) is 71.7 Å². The van der Waals surface area contributed by atoms with Gasteiger partial charge >= 0.3 is 0 Å². The van der Waals surface area contributed by atoms with Gasteiger partial charge in [-0.05, 0) is 69.5 Å². The van der Waals surface area contributed by atoms with Crippen LogP contribution >= 0.6 is 0 Å². The van der Waals surface area contributed by atoms with Crippen molar-refractivity contribution in [2.75, 3.05) is 0 Å². The molecule has 3 aliphatic rings. The van der Waals surface area contributed by atoms with Crippen molar-refractivity contribution in [3.63, 3.8) is 0 Å². The molecule has 0 amide bonds. The molecule has 1 saturated carbocycles. The number of fused-ring (bicyclic) bond motifs is 5. The molecule has 1 heteroatoms. The van der Waals surface area contributed by atoms with E-state index >= 15 is 0 Å². The Balaban J connectivity index is 1.62. The van der Waals surface area contributed by atoms with Gasteiger partial charge in [0.1, 0.15) is 0 Å². The fraction of sp³-hybridized carbons (Fsp3) is 0.222. The van der Waals surface area contributed by atoms with E-state index in [9.17, 15) is 0 Å². The minimum Gasteiger partial charge on any atom is -0.252 e. The zero-order valence-electron chi connectivity index (χ0n) is 16.4. The summed E-state index contributed by atoms with van der Waals surface area (Å²) in [6, 6.07) is 24.4. The SMILES string of the molecule is CC1(C)CC2=Nc3cc4c(cc3=C2C(c2ccccc2)C1)-c1ccccc1C=4. The first-order valence-corrected chi connectivity index (χ1v) is 10.2. The second-order valence-corrected chi connectivity index (χ2v) is 9.17. The molecule has 0 aromatic heterocycles. The van der Waals surface area contributed by atoms with Crippen molar-refractivity contribution in [2.24, 2.45) is 10.4 Å². The number of nitrogens with zero attached hydrogens (tertiary/aromatic N) is 1. The summed E-state index contributed by atoms with van der Waals surface area (Å²) in [5.41, 5.74) is 9.64. The van der Waals surface area contributed by atoms with E-state index in [-0.39, 0.29) is 5.41 Å². The van der Waals surface area contributed by atoms with Gasteiger partial charge in [0, 0.05) is 16.8 Å². The summed E-state index contributed by atoms with van der Waals surface area (Å²) < 4.78 is 0. The van der Waals surface area contributed by atoms with Crippen LogP contribution in [0.2, 0.25) is 0 Å². The fourth-order valence-corrected chi connectivity index (χ4v) is 5.34. The predicted octanol–water partition coefficient (Wildman–Crippen LogP) is 5.34. The van der Waals surface area contributed by atoms with Crippen LogP contribution in [0.25, 0.3) is 22.8 Å². The number of benzene rings is 3. The van der Waals surface area contributed by atoms with Gasteiger partial charge < -0.3 is 0 Å². The van der Waals surface area contributed by atoms with E-state index in [1.54, 1.807) is 0 Å². The molecule has 136 valence electrons. The van der Waals surface area contributed by atoms with E-state index < -0.39 is 0 Å². The summed E-state index contributed by atoms with van der Waals surface area (Å²) in [6.07, 6.45) is 4.53. The molecule has 3 aromatic carbocycles. The molecule has 0 saturated heterocycles. The average molecular weight is 361 g/mol. The van der Waals surface area contributed by atoms with Crippen LogP contribution in [0.5, 0.6) is 0 Å². The molecule has 0 N–H and O–H groups in total. The first-order valence-electron chi connectivity index (χ1n) is 10.2. The summed E-state index contributed by atoms with van der Waals surface area (Å²) in [4.78, 5) is 5.14. The lowest BCUT2D eigenvalue weighted by molar-refractivity contribution is 0.328. The van der Waals surface area contributed by atoms with Gasteiger partial charge in [0.05, 0.1) is 5.69 Å². The summed E-state index contributed by atoms with van der Waals surface area (Å²) >= 11 is 0. The van der Waals surface area contributed by atoms with Crippen molar-refractivity contribution in [2.45, 2.75) is 32.6 Å². The van der Waals surface area contributed by atoms with Crippen LogP contribution < -0.4 is 10.4 Å². The minimum absolute atomic E-state index is 0.270. The highest BCUT2D eigenvalue weighted by molar-refractivity contribution is 6.24. The Morgan fingerprint density at radius 3 is 2.54 bits per heavy atom. The Hall–Kier alpha value is -2.93. The summed E-state index contributed by atoms with van der Waals surface area (Å²) in [6.45, 7) is 4.77. The maximum Gasteiger partial charge on any atom is 0.0715 e. The van der Waals surface area contributed by atoms with Gasteiger partial charge in [0.2, 0.25) is 0 Å². The average Bonchev–Trinajstić information content (AvgIpc) is 3.22. The fourth-order valence-electron chi connectivity index (χ4n) is 5.34. The van der Waals surface area contributed by atoms with E-state index in [4.69, 9.17) is 4.99 Å². The molecule has 0 bridgehead atoms. The standard InChI is InChI=1S/C27H23N/c1-27(2)15-23(17-8-4-3-5-9-17)26-22-14-21-19(13-24(22)28-25(26)16-27)12-18-10-6-7-11-20(18)21/h3-14,23H,15-16H2,1-2H3. The van der Waals surface area contributed by atoms with Crippen molar-refractivity contribution in [3.8, 4) is 11.1 Å². The molecule has 1 unspecified atom stereocenters. The third kappa shape index (κ3) is 2.29. The van der Waals surface area contributed by atoms with E-state index in [0.29, 0.717) is 5.92 Å². The molecule has 1 nitrogen and oxygen atoms in total. The zero-order valence-corrected chi connectivity index (χ0v) is 16.4. The first kappa shape index (κ1) is 16.1. The first-order chi connectivity index (χ1) is 13.6. The van der Waals surface area contributed by atoms with Gasteiger partial charge in [0.15, 0.2) is 0 Å². The molecule has 1 heterocycles. The second-order valence-electron chi connectivity index (χ2n) is 9.17. The predicted molar refractivity (Wildman–Crippen MR) is 117 cm³/mol. The van der Waals surface area contributed by atoms with Gasteiger partial charge in [-0.3, -0.25) is 4.99 Å². The zero-order chi connectivity index (χ0) is 18.9. The Morgan fingerprint density at radius 1 is 0.893 bits per heavy atom. The molecule has 1 atom stereocenters. The van der Waals surface area contributed by atoms with Gasteiger partial charge in [-0.15, -0.1) is 0 Å². The van der Waals surface area contributed by atoms with Gasteiger partial charge in [-0.2, -0.15) is 0 Å². The molecule has 3 aromatic rings. The normalized spacial score (nSPS) is 20.6. The van der Waals surface area contributed by atoms with Crippen LogP contribution in [-0.2, 0) is 0 Å². The maximum atomic E-state index is 5.14. The van der Waals surface area contributed by atoms with Crippen molar-refractivity contribution in [1.29, 1.82) is 0 Å². The van der Waals surface area contributed by atoms with E-state index in [1.807, 2.05) is 0 Å². The monoisotopic (exact) mass is 361 g/mol. The van der Waals surface area contributed by atoms with Crippen LogP contribution in [0.1, 0.15) is 43.7 Å². The van der Waals surface area contributed by atoms with E-state index in [2.05, 4.69) is 86.7 Å². The third-order valence-corrected chi connectivity index (χ3v) is 6.54. The highest BCUT2D eigenvalue weighted by Crippen LogP contribution is 2.47. The second kappa shape index (κ2) is 5.54. The molecule has 6 rings (SSSR count). The number of aliphatic imine (C=N–C) groups is 1. The topological polar surface area (TPSA) is 12.4 Å². The van der Waals surface area contributed by atoms with Gasteiger partial charge in [-0.25, -0.2) is 0 Å². The number of hydrogen-bond donors (Lipinski definition) is 0. The molecule has 28 heavy (non-hydrogen) atoms. The molecule has 1 fully saturated rings. The van der Waals surface area contributed by atoms with E-state index in [0.717, 1.165) is 12.1 Å². The van der Waals surface area contributed by atoms with Gasteiger partial charge in [-0.1, -0.05) is 68.4 Å². The lowest BCUT2D eigenvalue weighted by atomic mass is 9.67. The van der Waals surface area contributed by atoms with E-state index in [1.165, 1.54) is 50.4 Å². The van der Waals surface area contributed by atoms with Crippen LogP contribution in [-0.4, -0.2) is 5.71 Å². The Morgan fingerprint density at radius 2 is 1.68 bits per heavy atom. The van der Waals surface area contributed by atoms with Crippen molar-refractivity contribution in [1.82, 2.24) is 0 Å². The Kier molecular flexibility index (Phi) is 3.18. The molecule has 2 aliphatic carbocycles. The summed E-state index contributed by atoms with van der Waals surface area (Å²) in [7, 11) is 0. The van der Waals surface area contributed by atoms with Crippen molar-refractivity contribution in [3.05, 3.63) is 88.3 Å². The number of rotatable bonds is 1. The lowest BCUT2D eigenvalue weighted by Crippen LogP contribution is -2.31. The number of hydrogen-bond acceptors (Lipinski definition) is 1. The quantitative estimate of drug-likeness (QED) is 0.434. The smallest absolute Gasteiger partial charge is 0.0715 e. The molecule has 1 aliphatic heterocycles. The van der Waals surface area contributed by atoms with Crippen LogP contribution in [0, 0.1) is 5.41 Å². The highest BCUT2D eigenvalue weighted by Gasteiger charge is 2.38. The largest absolute Gasteiger partial charge is 0.252 e. The summed E-state index contributed by atoms with van der Waals surface area (Å²) in [5.74, 6) is 0.420.